The van der Waals surface area contributed by atoms with Gasteiger partial charge in [0.1, 0.15) is 0 Å². The lowest BCUT2D eigenvalue weighted by molar-refractivity contribution is 0.0926. The first kappa shape index (κ1) is 14.2. The third-order valence-corrected chi connectivity index (χ3v) is 5.04. The summed E-state index contributed by atoms with van der Waals surface area (Å²) in [6.07, 6.45) is 2.34. The number of carbonyl (C=O) groups is 1. The fourth-order valence-electron chi connectivity index (χ4n) is 2.77. The highest BCUT2D eigenvalue weighted by Gasteiger charge is 2.33. The van der Waals surface area contributed by atoms with Crippen molar-refractivity contribution in [3.05, 3.63) is 65.2 Å². The first-order chi connectivity index (χ1) is 11.3. The Hall–Kier alpha value is -2.40. The second-order valence-corrected chi connectivity index (χ2v) is 6.79. The van der Waals surface area contributed by atoms with E-state index in [1.54, 1.807) is 11.3 Å². The van der Waals surface area contributed by atoms with Crippen molar-refractivity contribution in [1.29, 1.82) is 0 Å². The molecule has 0 bridgehead atoms. The van der Waals surface area contributed by atoms with Gasteiger partial charge in [0, 0.05) is 0 Å². The molecule has 23 heavy (non-hydrogen) atoms. The molecule has 1 saturated carbocycles. The average molecular weight is 323 g/mol. The fraction of sp³-hybridized carbons (Fsp3) is 0.222. The Morgan fingerprint density at radius 2 is 2.04 bits per heavy atom. The lowest BCUT2D eigenvalue weighted by atomic mass is 10.0. The Balaban J connectivity index is 1.52. The van der Waals surface area contributed by atoms with Crippen LogP contribution in [0.4, 0.5) is 0 Å². The molecule has 1 aliphatic carbocycles. The summed E-state index contributed by atoms with van der Waals surface area (Å²) in [5.74, 6) is 0.418. The second-order valence-electron chi connectivity index (χ2n) is 5.84. The van der Waals surface area contributed by atoms with Gasteiger partial charge in [0.2, 0.25) is 0 Å². The SMILES string of the molecule is O=C(NC(c1ccccc1)C1CC1)c1cc(-c2cccs2)[nH]n1. The molecule has 0 radical (unpaired) electrons. The zero-order chi connectivity index (χ0) is 15.6. The van der Waals surface area contributed by atoms with Crippen LogP contribution in [-0.2, 0) is 0 Å². The van der Waals surface area contributed by atoms with Gasteiger partial charge in [0.25, 0.3) is 5.91 Å². The highest BCUT2D eigenvalue weighted by Crippen LogP contribution is 2.41. The predicted molar refractivity (Wildman–Crippen MR) is 91.3 cm³/mol. The van der Waals surface area contributed by atoms with Gasteiger partial charge in [0.05, 0.1) is 16.6 Å². The quantitative estimate of drug-likeness (QED) is 0.745. The molecule has 4 rings (SSSR count). The third kappa shape index (κ3) is 3.05. The summed E-state index contributed by atoms with van der Waals surface area (Å²) in [6, 6.07) is 16.1. The molecule has 1 aliphatic rings. The van der Waals surface area contributed by atoms with Crippen LogP contribution in [0, 0.1) is 5.92 Å². The number of H-pyrrole nitrogens is 1. The van der Waals surface area contributed by atoms with Crippen molar-refractivity contribution in [3.63, 3.8) is 0 Å². The minimum absolute atomic E-state index is 0.0746. The largest absolute Gasteiger partial charge is 0.344 e. The van der Waals surface area contributed by atoms with Crippen LogP contribution in [0.25, 0.3) is 10.6 Å². The van der Waals surface area contributed by atoms with Gasteiger partial charge in [-0.3, -0.25) is 9.89 Å². The van der Waals surface area contributed by atoms with Crippen LogP contribution in [0.5, 0.6) is 0 Å². The maximum absolute atomic E-state index is 12.6. The minimum Gasteiger partial charge on any atom is -0.344 e. The number of amides is 1. The van der Waals surface area contributed by atoms with Crippen LogP contribution in [0.3, 0.4) is 0 Å². The number of rotatable bonds is 5. The number of nitrogens with one attached hydrogen (secondary N) is 2. The molecular weight excluding hydrogens is 306 g/mol. The van der Waals surface area contributed by atoms with E-state index in [-0.39, 0.29) is 11.9 Å². The predicted octanol–water partition coefficient (Wildman–Crippen LogP) is 4.02. The van der Waals surface area contributed by atoms with E-state index in [0.717, 1.165) is 16.1 Å². The van der Waals surface area contributed by atoms with Gasteiger partial charge < -0.3 is 5.32 Å². The molecule has 3 aromatic rings. The maximum atomic E-state index is 12.6. The number of carbonyl (C=O) groups excluding carboxylic acids is 1. The fourth-order valence-corrected chi connectivity index (χ4v) is 3.47. The van der Waals surface area contributed by atoms with E-state index in [0.29, 0.717) is 11.6 Å². The Labute approximate surface area is 138 Å². The van der Waals surface area contributed by atoms with Crippen LogP contribution in [0.2, 0.25) is 0 Å². The Kier molecular flexibility index (Phi) is 3.71. The maximum Gasteiger partial charge on any atom is 0.272 e. The molecular formula is C18H17N3OS. The van der Waals surface area contributed by atoms with Crippen molar-refractivity contribution in [2.75, 3.05) is 0 Å². The Morgan fingerprint density at radius 3 is 2.74 bits per heavy atom. The van der Waals surface area contributed by atoms with Gasteiger partial charge in [-0.2, -0.15) is 5.10 Å². The Bertz CT molecular complexity index is 791. The summed E-state index contributed by atoms with van der Waals surface area (Å²) in [4.78, 5) is 13.6. The number of nitrogens with zero attached hydrogens (tertiary/aromatic N) is 1. The summed E-state index contributed by atoms with van der Waals surface area (Å²) in [6.45, 7) is 0. The molecule has 0 aliphatic heterocycles. The van der Waals surface area contributed by atoms with Crippen molar-refractivity contribution >= 4 is 17.2 Å². The number of benzene rings is 1. The average Bonchev–Trinajstić information content (AvgIpc) is 3.08. The smallest absolute Gasteiger partial charge is 0.272 e. The summed E-state index contributed by atoms with van der Waals surface area (Å²) < 4.78 is 0. The molecule has 0 spiro atoms. The van der Waals surface area contributed by atoms with Crippen molar-refractivity contribution in [2.45, 2.75) is 18.9 Å². The molecule has 1 aromatic carbocycles. The molecule has 2 aromatic heterocycles. The zero-order valence-corrected chi connectivity index (χ0v) is 13.3. The molecule has 1 amide bonds. The van der Waals surface area contributed by atoms with Crippen LogP contribution in [0.1, 0.15) is 34.9 Å². The van der Waals surface area contributed by atoms with Crippen molar-refractivity contribution in [3.8, 4) is 10.6 Å². The Morgan fingerprint density at radius 1 is 1.22 bits per heavy atom. The molecule has 2 heterocycles. The summed E-state index contributed by atoms with van der Waals surface area (Å²) in [5.41, 5.74) is 2.49. The number of hydrogen-bond acceptors (Lipinski definition) is 3. The molecule has 1 fully saturated rings. The van der Waals surface area contributed by atoms with Gasteiger partial charge in [-0.05, 0) is 41.8 Å². The van der Waals surface area contributed by atoms with E-state index in [1.165, 1.54) is 12.8 Å². The first-order valence-corrected chi connectivity index (χ1v) is 8.64. The topological polar surface area (TPSA) is 57.8 Å². The summed E-state index contributed by atoms with van der Waals surface area (Å²) in [7, 11) is 0. The van der Waals surface area contributed by atoms with E-state index >= 15 is 0 Å². The number of hydrogen-bond donors (Lipinski definition) is 2. The number of aromatic amines is 1. The van der Waals surface area contributed by atoms with E-state index in [4.69, 9.17) is 0 Å². The lowest BCUT2D eigenvalue weighted by Crippen LogP contribution is -2.30. The lowest BCUT2D eigenvalue weighted by Gasteiger charge is -2.18. The monoisotopic (exact) mass is 323 g/mol. The first-order valence-electron chi connectivity index (χ1n) is 7.76. The highest BCUT2D eigenvalue weighted by molar-refractivity contribution is 7.13. The van der Waals surface area contributed by atoms with E-state index < -0.39 is 0 Å². The van der Waals surface area contributed by atoms with Gasteiger partial charge in [-0.25, -0.2) is 0 Å². The van der Waals surface area contributed by atoms with Gasteiger partial charge in [-0.1, -0.05) is 36.4 Å². The van der Waals surface area contributed by atoms with E-state index in [1.807, 2.05) is 41.8 Å². The summed E-state index contributed by atoms with van der Waals surface area (Å²) >= 11 is 1.62. The van der Waals surface area contributed by atoms with Crippen molar-refractivity contribution < 1.29 is 4.79 Å². The summed E-state index contributed by atoms with van der Waals surface area (Å²) in [5, 5.41) is 12.3. The molecule has 116 valence electrons. The molecule has 4 nitrogen and oxygen atoms in total. The normalized spacial score (nSPS) is 15.3. The standard InChI is InChI=1S/C18H17N3OS/c22-18(15-11-14(20-21-15)16-7-4-10-23-16)19-17(13-8-9-13)12-5-2-1-3-6-12/h1-7,10-11,13,17H,8-9H2,(H,19,22)(H,20,21). The second kappa shape index (κ2) is 6.01. The van der Waals surface area contributed by atoms with E-state index in [2.05, 4.69) is 27.6 Å². The number of thiophene rings is 1. The van der Waals surface area contributed by atoms with Crippen LogP contribution in [0.15, 0.2) is 53.9 Å². The highest BCUT2D eigenvalue weighted by atomic mass is 32.1. The minimum atomic E-state index is -0.121. The molecule has 5 heteroatoms. The van der Waals surface area contributed by atoms with Crippen LogP contribution >= 0.6 is 11.3 Å². The number of aromatic nitrogens is 2. The van der Waals surface area contributed by atoms with Crippen LogP contribution < -0.4 is 5.32 Å². The zero-order valence-electron chi connectivity index (χ0n) is 12.5. The van der Waals surface area contributed by atoms with Gasteiger partial charge >= 0.3 is 0 Å². The molecule has 1 unspecified atom stereocenters. The van der Waals surface area contributed by atoms with Crippen LogP contribution in [-0.4, -0.2) is 16.1 Å². The third-order valence-electron chi connectivity index (χ3n) is 4.14. The molecule has 1 atom stereocenters. The molecule has 0 saturated heterocycles. The van der Waals surface area contributed by atoms with Gasteiger partial charge in [-0.15, -0.1) is 11.3 Å². The van der Waals surface area contributed by atoms with E-state index in [9.17, 15) is 4.79 Å². The van der Waals surface area contributed by atoms with Crippen molar-refractivity contribution in [1.82, 2.24) is 15.5 Å². The molecule has 2 N–H and O–H groups in total. The van der Waals surface area contributed by atoms with Gasteiger partial charge in [0.15, 0.2) is 5.69 Å². The van der Waals surface area contributed by atoms with Crippen molar-refractivity contribution in [2.24, 2.45) is 5.92 Å².